The molecule has 0 aliphatic carbocycles. The minimum atomic E-state index is 0.906. The molecule has 1 N–H and O–H groups in total. The van der Waals surface area contributed by atoms with Gasteiger partial charge in [-0.15, -0.1) is 0 Å². The Labute approximate surface area is 89.4 Å². The van der Waals surface area contributed by atoms with Gasteiger partial charge in [-0.3, -0.25) is 0 Å². The highest BCUT2D eigenvalue weighted by atomic mass is 16.1. The van der Waals surface area contributed by atoms with Gasteiger partial charge >= 0.3 is 0 Å². The molecule has 3 nitrogen and oxygen atoms in total. The molecule has 1 heterocycles. The van der Waals surface area contributed by atoms with E-state index >= 15 is 0 Å². The molecule has 1 fully saturated rings. The Morgan fingerprint density at radius 1 is 1.20 bits per heavy atom. The van der Waals surface area contributed by atoms with E-state index in [2.05, 4.69) is 22.3 Å². The zero-order valence-corrected chi connectivity index (χ0v) is 8.57. The third kappa shape index (κ3) is 2.46. The molecule has 0 aromatic heterocycles. The maximum absolute atomic E-state index is 10.2. The van der Waals surface area contributed by atoms with E-state index in [1.165, 1.54) is 11.8 Å². The Kier molecular flexibility index (Phi) is 3.18. The molecule has 0 spiro atoms. The molecule has 0 unspecified atom stereocenters. The molecule has 1 aromatic rings. The molecule has 1 saturated heterocycles. The Hall–Kier alpha value is -1.57. The molecule has 1 aromatic carbocycles. The van der Waals surface area contributed by atoms with E-state index in [9.17, 15) is 4.79 Å². The first-order chi connectivity index (χ1) is 7.40. The van der Waals surface area contributed by atoms with Crippen LogP contribution in [0.15, 0.2) is 24.3 Å². The average molecular weight is 202 g/mol. The Morgan fingerprint density at radius 3 is 2.47 bits per heavy atom. The molecular formula is C12H14N2O. The number of nitrogens with zero attached hydrogens (tertiary/aromatic N) is 1. The fourth-order valence-corrected chi connectivity index (χ4v) is 1.77. The SMILES string of the molecule is O=C=Cc1ccc(N2CCNCC2)cc1. The van der Waals surface area contributed by atoms with Gasteiger partial charge in [0, 0.05) is 37.9 Å². The van der Waals surface area contributed by atoms with Crippen LogP contribution < -0.4 is 10.2 Å². The molecule has 0 radical (unpaired) electrons. The number of benzene rings is 1. The molecule has 0 atom stereocenters. The predicted octanol–water partition coefficient (Wildman–Crippen LogP) is 0.941. The van der Waals surface area contributed by atoms with Crippen LogP contribution >= 0.6 is 0 Å². The van der Waals surface area contributed by atoms with E-state index in [1.54, 1.807) is 5.94 Å². The summed E-state index contributed by atoms with van der Waals surface area (Å²) < 4.78 is 0. The Bertz CT molecular complexity index is 360. The number of carbonyl (C=O) groups excluding carboxylic acids is 1. The van der Waals surface area contributed by atoms with Crippen LogP contribution in [0, 0.1) is 0 Å². The highest BCUT2D eigenvalue weighted by molar-refractivity contribution is 5.75. The Morgan fingerprint density at radius 2 is 1.87 bits per heavy atom. The summed E-state index contributed by atoms with van der Waals surface area (Å²) in [7, 11) is 0. The van der Waals surface area contributed by atoms with Gasteiger partial charge in [0.25, 0.3) is 0 Å². The summed E-state index contributed by atoms with van der Waals surface area (Å²) >= 11 is 0. The molecule has 3 heteroatoms. The summed E-state index contributed by atoms with van der Waals surface area (Å²) in [5.74, 6) is 1.78. The van der Waals surface area contributed by atoms with Crippen LogP contribution in [-0.4, -0.2) is 32.1 Å². The maximum atomic E-state index is 10.2. The van der Waals surface area contributed by atoms with Crippen LogP contribution in [0.3, 0.4) is 0 Å². The van der Waals surface area contributed by atoms with E-state index in [0.717, 1.165) is 31.7 Å². The van der Waals surface area contributed by atoms with E-state index in [4.69, 9.17) is 0 Å². The summed E-state index contributed by atoms with van der Waals surface area (Å²) in [5.41, 5.74) is 2.13. The van der Waals surface area contributed by atoms with Crippen LogP contribution in [0.1, 0.15) is 5.56 Å². The molecular weight excluding hydrogens is 188 g/mol. The van der Waals surface area contributed by atoms with Crippen molar-refractivity contribution in [2.45, 2.75) is 0 Å². The van der Waals surface area contributed by atoms with Gasteiger partial charge in [-0.25, -0.2) is 4.79 Å². The van der Waals surface area contributed by atoms with Gasteiger partial charge in [0.05, 0.1) is 0 Å². The lowest BCUT2D eigenvalue weighted by molar-refractivity contribution is 0.570. The first-order valence-corrected chi connectivity index (χ1v) is 5.17. The van der Waals surface area contributed by atoms with Crippen molar-refractivity contribution < 1.29 is 4.79 Å². The van der Waals surface area contributed by atoms with Crippen molar-refractivity contribution in [2.75, 3.05) is 31.1 Å². The van der Waals surface area contributed by atoms with Crippen molar-refractivity contribution in [2.24, 2.45) is 0 Å². The monoisotopic (exact) mass is 202 g/mol. The van der Waals surface area contributed by atoms with E-state index in [-0.39, 0.29) is 0 Å². The highest BCUT2D eigenvalue weighted by Crippen LogP contribution is 2.15. The molecule has 0 saturated carbocycles. The minimum Gasteiger partial charge on any atom is -0.369 e. The maximum Gasteiger partial charge on any atom is 0.125 e. The summed E-state index contributed by atoms with van der Waals surface area (Å²) in [5, 5.41) is 3.32. The second-order valence-electron chi connectivity index (χ2n) is 3.59. The van der Waals surface area contributed by atoms with Crippen LogP contribution in [0.5, 0.6) is 0 Å². The predicted molar refractivity (Wildman–Crippen MR) is 61.7 cm³/mol. The smallest absolute Gasteiger partial charge is 0.125 e. The molecule has 78 valence electrons. The zero-order valence-electron chi connectivity index (χ0n) is 8.57. The second kappa shape index (κ2) is 4.78. The average Bonchev–Trinajstić information content (AvgIpc) is 2.32. The summed E-state index contributed by atoms with van der Waals surface area (Å²) in [6, 6.07) is 7.99. The number of hydrogen-bond donors (Lipinski definition) is 1. The Balaban J connectivity index is 2.11. The van der Waals surface area contributed by atoms with E-state index in [1.807, 2.05) is 12.1 Å². The van der Waals surface area contributed by atoms with Crippen LogP contribution in [0.2, 0.25) is 0 Å². The van der Waals surface area contributed by atoms with Crippen LogP contribution in [0.4, 0.5) is 5.69 Å². The zero-order chi connectivity index (χ0) is 10.5. The number of nitrogens with one attached hydrogen (secondary N) is 1. The molecule has 0 amide bonds. The summed E-state index contributed by atoms with van der Waals surface area (Å²) in [6.45, 7) is 4.16. The van der Waals surface area contributed by atoms with Gasteiger partial charge in [0.1, 0.15) is 5.94 Å². The van der Waals surface area contributed by atoms with Crippen LogP contribution in [-0.2, 0) is 4.79 Å². The standard InChI is InChI=1S/C12H14N2O/c15-10-5-11-1-3-12(4-2-11)14-8-6-13-7-9-14/h1-5,13H,6-9H2. The normalized spacial score (nSPS) is 15.9. The third-order valence-corrected chi connectivity index (χ3v) is 2.60. The van der Waals surface area contributed by atoms with Gasteiger partial charge in [-0.2, -0.15) is 0 Å². The number of hydrogen-bond acceptors (Lipinski definition) is 3. The molecule has 0 bridgehead atoms. The van der Waals surface area contributed by atoms with Crippen molar-refractivity contribution in [3.63, 3.8) is 0 Å². The van der Waals surface area contributed by atoms with Gasteiger partial charge in [-0.05, 0) is 17.7 Å². The van der Waals surface area contributed by atoms with Crippen molar-refractivity contribution in [1.82, 2.24) is 5.32 Å². The van der Waals surface area contributed by atoms with Crippen molar-refractivity contribution in [3.05, 3.63) is 29.8 Å². The molecule has 1 aliphatic heterocycles. The van der Waals surface area contributed by atoms with Gasteiger partial charge in [0.15, 0.2) is 0 Å². The highest BCUT2D eigenvalue weighted by Gasteiger charge is 2.09. The van der Waals surface area contributed by atoms with Crippen LogP contribution in [0.25, 0.3) is 6.08 Å². The van der Waals surface area contributed by atoms with Crippen molar-refractivity contribution in [1.29, 1.82) is 0 Å². The van der Waals surface area contributed by atoms with Gasteiger partial charge < -0.3 is 10.2 Å². The van der Waals surface area contributed by atoms with E-state index < -0.39 is 0 Å². The first-order valence-electron chi connectivity index (χ1n) is 5.17. The lowest BCUT2D eigenvalue weighted by Crippen LogP contribution is -2.43. The summed E-state index contributed by atoms with van der Waals surface area (Å²) in [4.78, 5) is 12.5. The molecule has 1 aliphatic rings. The first kappa shape index (κ1) is 9.97. The fraction of sp³-hybridized carbons (Fsp3) is 0.333. The topological polar surface area (TPSA) is 32.3 Å². The van der Waals surface area contributed by atoms with Crippen molar-refractivity contribution >= 4 is 17.7 Å². The summed E-state index contributed by atoms with van der Waals surface area (Å²) in [6.07, 6.45) is 1.45. The minimum absolute atomic E-state index is 0.906. The number of anilines is 1. The van der Waals surface area contributed by atoms with Crippen molar-refractivity contribution in [3.8, 4) is 0 Å². The largest absolute Gasteiger partial charge is 0.369 e. The molecule has 15 heavy (non-hydrogen) atoms. The van der Waals surface area contributed by atoms with E-state index in [0.29, 0.717) is 0 Å². The lowest BCUT2D eigenvalue weighted by Gasteiger charge is -2.29. The third-order valence-electron chi connectivity index (χ3n) is 2.60. The lowest BCUT2D eigenvalue weighted by atomic mass is 10.2. The molecule has 2 rings (SSSR count). The number of piperazine rings is 1. The van der Waals surface area contributed by atoms with Gasteiger partial charge in [0.2, 0.25) is 0 Å². The number of rotatable bonds is 2. The fourth-order valence-electron chi connectivity index (χ4n) is 1.77. The van der Waals surface area contributed by atoms with Gasteiger partial charge in [-0.1, -0.05) is 12.1 Å². The quantitative estimate of drug-likeness (QED) is 0.724. The second-order valence-corrected chi connectivity index (χ2v) is 3.59.